The number of hydrogen-bond acceptors (Lipinski definition) is 3. The molecule has 0 bridgehead atoms. The van der Waals surface area contributed by atoms with E-state index in [0.29, 0.717) is 13.2 Å². The van der Waals surface area contributed by atoms with Gasteiger partial charge in [-0.25, -0.2) is 0 Å². The quantitative estimate of drug-likeness (QED) is 0.839. The van der Waals surface area contributed by atoms with Crippen molar-refractivity contribution in [2.75, 3.05) is 13.2 Å². The van der Waals surface area contributed by atoms with E-state index < -0.39 is 0 Å². The maximum atomic E-state index is 12.6. The second-order valence-electron chi connectivity index (χ2n) is 5.77. The lowest BCUT2D eigenvalue weighted by molar-refractivity contribution is -0.131. The van der Waals surface area contributed by atoms with E-state index in [4.69, 9.17) is 4.74 Å². The van der Waals surface area contributed by atoms with E-state index in [1.54, 1.807) is 0 Å². The monoisotopic (exact) mass is 290 g/mol. The van der Waals surface area contributed by atoms with Crippen molar-refractivity contribution in [3.8, 4) is 0 Å². The molecule has 0 radical (unpaired) electrons. The highest BCUT2D eigenvalue weighted by Crippen LogP contribution is 2.26. The molecule has 116 valence electrons. The summed E-state index contributed by atoms with van der Waals surface area (Å²) in [5.41, 5.74) is 1.13. The molecule has 1 amide bonds. The smallest absolute Gasteiger partial charge is 0.241 e. The van der Waals surface area contributed by atoms with Crippen LogP contribution in [-0.4, -0.2) is 36.1 Å². The number of benzene rings is 1. The summed E-state index contributed by atoms with van der Waals surface area (Å²) < 4.78 is 5.61. The van der Waals surface area contributed by atoms with Gasteiger partial charge >= 0.3 is 0 Å². The van der Waals surface area contributed by atoms with Crippen LogP contribution >= 0.6 is 0 Å². The lowest BCUT2D eigenvalue weighted by Crippen LogP contribution is -2.34. The van der Waals surface area contributed by atoms with Crippen molar-refractivity contribution >= 4 is 5.91 Å². The van der Waals surface area contributed by atoms with Gasteiger partial charge in [0.2, 0.25) is 5.91 Å². The molecule has 4 heteroatoms. The van der Waals surface area contributed by atoms with Crippen LogP contribution < -0.4 is 5.32 Å². The summed E-state index contributed by atoms with van der Waals surface area (Å²) in [7, 11) is 0. The molecule has 1 aromatic carbocycles. The van der Waals surface area contributed by atoms with Crippen LogP contribution in [0, 0.1) is 0 Å². The number of carbonyl (C=O) groups excluding carboxylic acids is 1. The van der Waals surface area contributed by atoms with Gasteiger partial charge in [-0.05, 0) is 25.8 Å². The number of rotatable bonds is 7. The van der Waals surface area contributed by atoms with E-state index >= 15 is 0 Å². The predicted octanol–water partition coefficient (Wildman–Crippen LogP) is 2.71. The second-order valence-corrected chi connectivity index (χ2v) is 5.77. The minimum Gasteiger partial charge on any atom is -0.377 e. The fourth-order valence-corrected chi connectivity index (χ4v) is 2.71. The minimum atomic E-state index is -0.0701. The first-order chi connectivity index (χ1) is 10.1. The summed E-state index contributed by atoms with van der Waals surface area (Å²) in [6.45, 7) is 7.34. The Bertz CT molecular complexity index is 447. The fourth-order valence-electron chi connectivity index (χ4n) is 2.71. The summed E-state index contributed by atoms with van der Waals surface area (Å²) in [5.74, 6) is 0.193. The predicted molar refractivity (Wildman–Crippen MR) is 83.8 cm³/mol. The first-order valence-electron chi connectivity index (χ1n) is 7.86. The Morgan fingerprint density at radius 1 is 1.29 bits per heavy atom. The van der Waals surface area contributed by atoms with Gasteiger partial charge < -0.3 is 9.64 Å². The zero-order valence-corrected chi connectivity index (χ0v) is 13.2. The SMILES string of the molecule is CCCC1NC(c2ccccc2)N(CCOC(C)C)C1=O. The fraction of sp³-hybridized carbons (Fsp3) is 0.588. The van der Waals surface area contributed by atoms with Gasteiger partial charge in [-0.15, -0.1) is 0 Å². The van der Waals surface area contributed by atoms with Gasteiger partial charge in [-0.1, -0.05) is 43.7 Å². The van der Waals surface area contributed by atoms with Crippen molar-refractivity contribution in [1.29, 1.82) is 0 Å². The van der Waals surface area contributed by atoms with Gasteiger partial charge in [0.25, 0.3) is 0 Å². The molecule has 1 saturated heterocycles. The standard InChI is InChI=1S/C17H26N2O2/c1-4-8-15-17(20)19(11-12-21-13(2)3)16(18-15)14-9-6-5-7-10-14/h5-7,9-10,13,15-16,18H,4,8,11-12H2,1-3H3. The molecule has 1 N–H and O–H groups in total. The maximum absolute atomic E-state index is 12.6. The molecule has 1 aliphatic rings. The van der Waals surface area contributed by atoms with Crippen molar-refractivity contribution in [3.63, 3.8) is 0 Å². The van der Waals surface area contributed by atoms with Crippen molar-refractivity contribution in [2.45, 2.75) is 51.9 Å². The van der Waals surface area contributed by atoms with Crippen molar-refractivity contribution in [3.05, 3.63) is 35.9 Å². The summed E-state index contributed by atoms with van der Waals surface area (Å²) in [6, 6.07) is 10.1. The van der Waals surface area contributed by atoms with Crippen LogP contribution in [0.1, 0.15) is 45.3 Å². The third-order valence-corrected chi connectivity index (χ3v) is 3.73. The average Bonchev–Trinajstić information content (AvgIpc) is 2.78. The summed E-state index contributed by atoms with van der Waals surface area (Å²) in [5, 5.41) is 3.47. The molecule has 2 atom stereocenters. The van der Waals surface area contributed by atoms with Gasteiger partial charge in [0.15, 0.2) is 0 Å². The Hall–Kier alpha value is -1.39. The first kappa shape index (κ1) is 16.0. The van der Waals surface area contributed by atoms with E-state index in [2.05, 4.69) is 24.4 Å². The molecule has 0 spiro atoms. The Kier molecular flexibility index (Phi) is 5.76. The van der Waals surface area contributed by atoms with Crippen LogP contribution in [0.15, 0.2) is 30.3 Å². The van der Waals surface area contributed by atoms with Crippen molar-refractivity contribution in [1.82, 2.24) is 10.2 Å². The molecule has 0 aliphatic carbocycles. The summed E-state index contributed by atoms with van der Waals surface area (Å²) in [6.07, 6.45) is 2.04. The third-order valence-electron chi connectivity index (χ3n) is 3.73. The number of hydrogen-bond donors (Lipinski definition) is 1. The van der Waals surface area contributed by atoms with Crippen molar-refractivity contribution < 1.29 is 9.53 Å². The molecular formula is C17H26N2O2. The van der Waals surface area contributed by atoms with E-state index in [9.17, 15) is 4.79 Å². The zero-order valence-electron chi connectivity index (χ0n) is 13.2. The molecule has 0 aromatic heterocycles. The lowest BCUT2D eigenvalue weighted by Gasteiger charge is -2.25. The van der Waals surface area contributed by atoms with Gasteiger partial charge in [-0.3, -0.25) is 10.1 Å². The summed E-state index contributed by atoms with van der Waals surface area (Å²) in [4.78, 5) is 14.5. The number of ether oxygens (including phenoxy) is 1. The highest BCUT2D eigenvalue weighted by molar-refractivity contribution is 5.84. The normalized spacial score (nSPS) is 22.3. The van der Waals surface area contributed by atoms with Crippen LogP contribution in [0.2, 0.25) is 0 Å². The molecule has 4 nitrogen and oxygen atoms in total. The molecule has 1 aliphatic heterocycles. The molecular weight excluding hydrogens is 264 g/mol. The first-order valence-corrected chi connectivity index (χ1v) is 7.86. The third kappa shape index (κ3) is 4.05. The number of nitrogens with one attached hydrogen (secondary N) is 1. The Balaban J connectivity index is 2.09. The van der Waals surface area contributed by atoms with Gasteiger partial charge in [0, 0.05) is 6.54 Å². The average molecular weight is 290 g/mol. The van der Waals surface area contributed by atoms with Crippen LogP contribution in [0.25, 0.3) is 0 Å². The number of nitrogens with zero attached hydrogens (tertiary/aromatic N) is 1. The van der Waals surface area contributed by atoms with Crippen LogP contribution in [0.5, 0.6) is 0 Å². The highest BCUT2D eigenvalue weighted by Gasteiger charge is 2.38. The van der Waals surface area contributed by atoms with Crippen LogP contribution in [-0.2, 0) is 9.53 Å². The van der Waals surface area contributed by atoms with Crippen molar-refractivity contribution in [2.24, 2.45) is 0 Å². The zero-order chi connectivity index (χ0) is 15.2. The Labute approximate surface area is 127 Å². The molecule has 21 heavy (non-hydrogen) atoms. The minimum absolute atomic E-state index is 0.0361. The number of carbonyl (C=O) groups is 1. The molecule has 1 fully saturated rings. The molecule has 1 heterocycles. The second kappa shape index (κ2) is 7.57. The van der Waals surface area contributed by atoms with E-state index in [-0.39, 0.29) is 24.2 Å². The van der Waals surface area contributed by atoms with E-state index in [0.717, 1.165) is 18.4 Å². The van der Waals surface area contributed by atoms with Crippen LogP contribution in [0.3, 0.4) is 0 Å². The van der Waals surface area contributed by atoms with Gasteiger partial charge in [0.1, 0.15) is 6.17 Å². The van der Waals surface area contributed by atoms with E-state index in [1.807, 2.05) is 36.9 Å². The maximum Gasteiger partial charge on any atom is 0.241 e. The van der Waals surface area contributed by atoms with Crippen LogP contribution in [0.4, 0.5) is 0 Å². The topological polar surface area (TPSA) is 41.6 Å². The Morgan fingerprint density at radius 3 is 2.62 bits per heavy atom. The Morgan fingerprint density at radius 2 is 2.00 bits per heavy atom. The van der Waals surface area contributed by atoms with E-state index in [1.165, 1.54) is 0 Å². The largest absolute Gasteiger partial charge is 0.377 e. The lowest BCUT2D eigenvalue weighted by atomic mass is 10.1. The molecule has 2 rings (SSSR count). The van der Waals surface area contributed by atoms with Gasteiger partial charge in [-0.2, -0.15) is 0 Å². The van der Waals surface area contributed by atoms with Gasteiger partial charge in [0.05, 0.1) is 18.8 Å². The summed E-state index contributed by atoms with van der Waals surface area (Å²) >= 11 is 0. The molecule has 2 unspecified atom stereocenters. The molecule has 0 saturated carbocycles. The highest BCUT2D eigenvalue weighted by atomic mass is 16.5. The number of amides is 1. The molecule has 1 aromatic rings.